The Labute approximate surface area is 467 Å². The number of amides is 1. The van der Waals surface area contributed by atoms with Crippen LogP contribution in [0.15, 0.2) is 46.1 Å². The van der Waals surface area contributed by atoms with E-state index in [9.17, 15) is 63.2 Å². The Kier molecular flexibility index (Phi) is 20.6. The number of likely N-dealkylation sites (tertiary alicyclic amines) is 1. The number of nitrogens with zero attached hydrogens (tertiary/aromatic N) is 4. The van der Waals surface area contributed by atoms with E-state index in [2.05, 4.69) is 29.1 Å². The molecule has 5 aliphatic rings. The van der Waals surface area contributed by atoms with Gasteiger partial charge in [-0.05, 0) is 62.4 Å². The molecule has 0 aliphatic carbocycles. The molecule has 444 valence electrons. The number of ether oxygens (including phenoxy) is 4. The first-order chi connectivity index (χ1) is 37.2. The number of hydrogen-bond acceptors (Lipinski definition) is 17. The van der Waals surface area contributed by atoms with Crippen LogP contribution in [-0.2, 0) is 37.7 Å². The number of anilines is 1. The monoisotopic (exact) mass is 1160 g/mol. The van der Waals surface area contributed by atoms with Crippen molar-refractivity contribution in [3.05, 3.63) is 58.0 Å². The van der Waals surface area contributed by atoms with Gasteiger partial charge in [0.25, 0.3) is 11.7 Å². The van der Waals surface area contributed by atoms with Crippen LogP contribution in [0.1, 0.15) is 124 Å². The number of hydrogen-bond donors (Lipinski definition) is 8. The molecule has 1 fully saturated rings. The maximum absolute atomic E-state index is 14.9. The zero-order valence-corrected chi connectivity index (χ0v) is 49.8. The number of phenols is 2. The van der Waals surface area contributed by atoms with Gasteiger partial charge in [0.05, 0.1) is 35.5 Å². The largest absolute Gasteiger partial charge is 0.507 e. The van der Waals surface area contributed by atoms with Crippen LogP contribution < -0.4 is 20.8 Å². The Morgan fingerprint density at radius 1 is 0.887 bits per heavy atom. The molecule has 2 aromatic carbocycles. The van der Waals surface area contributed by atoms with Gasteiger partial charge in [-0.15, -0.1) is 0 Å². The number of aliphatic hydroxyl groups excluding tert-OH is 1. The second-order valence-electron chi connectivity index (χ2n) is 23.1. The van der Waals surface area contributed by atoms with Crippen molar-refractivity contribution in [3.63, 3.8) is 0 Å². The summed E-state index contributed by atoms with van der Waals surface area (Å²) < 4.78 is 48.4. The predicted molar refractivity (Wildman–Crippen MR) is 298 cm³/mol. The summed E-state index contributed by atoms with van der Waals surface area (Å²) in [5.74, 6) is -7.54. The summed E-state index contributed by atoms with van der Waals surface area (Å²) in [5, 5.41) is 37.6. The maximum atomic E-state index is 14.9. The van der Waals surface area contributed by atoms with Gasteiger partial charge in [-0.2, -0.15) is 0 Å². The second kappa shape index (κ2) is 25.6. The summed E-state index contributed by atoms with van der Waals surface area (Å²) in [7, 11) is -10.7. The molecule has 0 radical (unpaired) electrons. The molecule has 24 heteroatoms. The summed E-state index contributed by atoms with van der Waals surface area (Å²) in [6.07, 6.45) is 6.69. The van der Waals surface area contributed by atoms with Crippen LogP contribution in [0.5, 0.6) is 17.2 Å². The number of allylic oxidation sites excluding steroid dienone is 3. The fourth-order valence-corrected chi connectivity index (χ4v) is 13.7. The number of ketones is 1. The minimum atomic E-state index is -5.33. The summed E-state index contributed by atoms with van der Waals surface area (Å²) in [4.78, 5) is 108. The highest BCUT2D eigenvalue weighted by Gasteiger charge is 2.51. The molecule has 7 rings (SSSR count). The summed E-state index contributed by atoms with van der Waals surface area (Å²) in [6, 6.07) is 0. The van der Waals surface area contributed by atoms with Gasteiger partial charge in [0.2, 0.25) is 0 Å². The molecule has 5 aliphatic heterocycles. The Bertz CT molecular complexity index is 2980. The first-order valence-corrected chi connectivity index (χ1v) is 31.0. The molecule has 2 aromatic rings. The molecule has 1 saturated heterocycles. The highest BCUT2D eigenvalue weighted by molar-refractivity contribution is 7.70. The van der Waals surface area contributed by atoms with Crippen LogP contribution in [-0.4, -0.2) is 143 Å². The van der Waals surface area contributed by atoms with Crippen molar-refractivity contribution in [2.75, 3.05) is 51.2 Å². The van der Waals surface area contributed by atoms with E-state index in [0.717, 1.165) is 6.54 Å². The highest BCUT2D eigenvalue weighted by atomic mass is 31.2. The van der Waals surface area contributed by atoms with Crippen molar-refractivity contribution in [1.82, 2.24) is 9.80 Å². The Morgan fingerprint density at radius 3 is 2.15 bits per heavy atom. The number of carbonyl (C=O) groups is 4. The van der Waals surface area contributed by atoms with Crippen LogP contribution in [0, 0.1) is 48.3 Å². The van der Waals surface area contributed by atoms with E-state index in [1.807, 2.05) is 27.7 Å². The van der Waals surface area contributed by atoms with Crippen molar-refractivity contribution in [2.45, 2.75) is 144 Å². The lowest BCUT2D eigenvalue weighted by Crippen LogP contribution is -2.47. The van der Waals surface area contributed by atoms with Gasteiger partial charge in [-0.1, -0.05) is 80.5 Å². The Hall–Kier alpha value is -5.02. The van der Waals surface area contributed by atoms with Crippen LogP contribution >= 0.6 is 15.2 Å². The number of benzene rings is 2. The molecule has 0 unspecified atom stereocenters. The molecular weight excluding hydrogens is 1080 g/mol. The van der Waals surface area contributed by atoms with Gasteiger partial charge in [-0.25, -0.2) is 4.99 Å². The molecule has 0 saturated carbocycles. The molecule has 8 N–H and O–H groups in total. The zero-order valence-electron chi connectivity index (χ0n) is 48.0. The lowest BCUT2D eigenvalue weighted by Gasteiger charge is -2.38. The minimum absolute atomic E-state index is 0.0604. The normalized spacial score (nSPS) is 28.2. The lowest BCUT2D eigenvalue weighted by molar-refractivity contribution is -0.159. The number of aromatic hydroxyl groups is 2. The van der Waals surface area contributed by atoms with Crippen molar-refractivity contribution >= 4 is 55.3 Å². The number of esters is 2. The van der Waals surface area contributed by atoms with Crippen LogP contribution in [0.25, 0.3) is 10.8 Å². The van der Waals surface area contributed by atoms with E-state index >= 15 is 0 Å². The van der Waals surface area contributed by atoms with Gasteiger partial charge < -0.3 is 64.1 Å². The van der Waals surface area contributed by atoms with E-state index in [1.165, 1.54) is 31.1 Å². The minimum Gasteiger partial charge on any atom is -0.507 e. The van der Waals surface area contributed by atoms with Gasteiger partial charge in [0.15, 0.2) is 11.1 Å². The third-order valence-corrected chi connectivity index (χ3v) is 20.4. The quantitative estimate of drug-likeness (QED) is 0.0547. The molecular formula is C56H83N5O17P2. The third kappa shape index (κ3) is 14.2. The Balaban J connectivity index is 1.43. The zero-order chi connectivity index (χ0) is 59.6. The van der Waals surface area contributed by atoms with E-state index in [4.69, 9.17) is 23.9 Å². The molecule has 1 spiro atoms. The number of piperidine rings is 1. The highest BCUT2D eigenvalue weighted by Crippen LogP contribution is 2.61. The number of Topliss-reactive ketones (excluding diaryl/α,β-unsaturated/α-hetero) is 1. The summed E-state index contributed by atoms with van der Waals surface area (Å²) in [6.45, 7) is 22.7. The van der Waals surface area contributed by atoms with Crippen LogP contribution in [0.4, 0.5) is 5.69 Å². The fraction of sp³-hybridized carbons (Fsp3) is 0.643. The van der Waals surface area contributed by atoms with E-state index < -0.39 is 117 Å². The number of phenolic OH excluding ortho intramolecular Hbond substituents is 2. The predicted octanol–water partition coefficient (Wildman–Crippen LogP) is 6.34. The third-order valence-electron chi connectivity index (χ3n) is 16.6. The smallest absolute Gasteiger partial charge is 0.340 e. The van der Waals surface area contributed by atoms with Crippen LogP contribution in [0.3, 0.4) is 0 Å². The number of nitrogens with one attached hydrogen (secondary N) is 1. The summed E-state index contributed by atoms with van der Waals surface area (Å²) in [5.41, 5.74) is -0.309. The molecule has 80 heavy (non-hydrogen) atoms. The molecule has 1 amide bonds. The molecule has 5 heterocycles. The van der Waals surface area contributed by atoms with Crippen molar-refractivity contribution in [1.29, 1.82) is 0 Å². The van der Waals surface area contributed by atoms with E-state index in [0.29, 0.717) is 44.0 Å². The van der Waals surface area contributed by atoms with Gasteiger partial charge >= 0.3 is 32.9 Å². The molecule has 9 atom stereocenters. The average molecular weight is 1160 g/mol. The average Bonchev–Trinajstić information content (AvgIpc) is 4.10. The van der Waals surface area contributed by atoms with E-state index in [1.54, 1.807) is 45.9 Å². The molecule has 0 aromatic heterocycles. The van der Waals surface area contributed by atoms with Crippen LogP contribution in [0.2, 0.25) is 0 Å². The number of fused-ring (bicyclic) bond motifs is 13. The molecule has 5 bridgehead atoms. The van der Waals surface area contributed by atoms with Gasteiger partial charge in [-0.3, -0.25) is 38.2 Å². The maximum Gasteiger partial charge on any atom is 0.340 e. The first kappa shape index (κ1) is 64.2. The van der Waals surface area contributed by atoms with Crippen molar-refractivity contribution < 1.29 is 82.1 Å². The van der Waals surface area contributed by atoms with Crippen molar-refractivity contribution in [3.8, 4) is 17.2 Å². The standard InChI is InChI=1S/C56H83N5O17P2/c1-13-15-39(62)75-27-25-60(22-18-41(79(69,70)71)80(72,73)74)29-40(63)77-51-32(5)16-14-17-33(6)54(68)57-47-46-45(58-56(59-46)20-23-61(24-21-56)28-30(2)3)42-43(50(47)66)49(65)38(11)52-44(42)53(67)55(12,78-52)76-26-19-31(4)34(7)35(8)36(9)48(64)37(51)10/h14,16-17,19,26,30-32,34-37,41,48,51,58,64-66H,13,15,18,20-25,27-29H2,1-12H3,(H2,69,70,71)(H2,72,73,74)/b16-14+,26-19+,33-17-,57-47?/t31-,32-,34+,35+,36-,37-,48-,51-,55-/m0/s1. The Morgan fingerprint density at radius 2 is 1.54 bits per heavy atom. The summed E-state index contributed by atoms with van der Waals surface area (Å²) >= 11 is 0. The van der Waals surface area contributed by atoms with E-state index in [-0.39, 0.29) is 81.3 Å². The SMILES string of the molecule is CCCC(=O)OCCN(CCC(P(=O)(O)O)P(=O)(O)O)CC(=O)O[C@@H]1[C@@H](C)[C@@H](O)[C@@H](C)[C@H](C)[C@H](C)[C@@H](C)/C=C/O[C@@]2(C)Oc3c(C)c(O)c4c(O)c(c5c(c4c3C2=O)NC2(CCN(CC(C)C)CC2)N=5)=NC(=O)/C(C)=C\C=C\[C@@H]1C. The lowest BCUT2D eigenvalue weighted by atomic mass is 9.72. The second-order valence-corrected chi connectivity index (χ2v) is 27.1. The number of carbonyl (C=O) groups excluding carboxylic acids is 4. The first-order valence-electron chi connectivity index (χ1n) is 27.6. The topological polar surface area (TPSA) is 324 Å². The van der Waals surface area contributed by atoms with Gasteiger partial charge in [0.1, 0.15) is 40.6 Å². The fourth-order valence-electron chi connectivity index (χ4n) is 11.2. The van der Waals surface area contributed by atoms with Crippen molar-refractivity contribution in [2.24, 2.45) is 51.4 Å². The molecule has 22 nitrogen and oxygen atoms in total. The van der Waals surface area contributed by atoms with Gasteiger partial charge in [0, 0.05) is 87.3 Å². The number of aliphatic hydroxyl groups is 1. The number of rotatable bonds is 15.